The highest BCUT2D eigenvalue weighted by Crippen LogP contribution is 2.24. The van der Waals surface area contributed by atoms with Gasteiger partial charge in [0, 0.05) is 50.3 Å². The van der Waals surface area contributed by atoms with Crippen LogP contribution in [-0.2, 0) is 9.59 Å². The van der Waals surface area contributed by atoms with Crippen LogP contribution < -0.4 is 21.3 Å². The second kappa shape index (κ2) is 12.7. The van der Waals surface area contributed by atoms with Gasteiger partial charge in [0.25, 0.3) is 0 Å². The van der Waals surface area contributed by atoms with Crippen molar-refractivity contribution in [3.05, 3.63) is 77.9 Å². The first-order chi connectivity index (χ1) is 16.5. The van der Waals surface area contributed by atoms with Gasteiger partial charge in [0.05, 0.1) is 0 Å². The maximum Gasteiger partial charge on any atom is 0.244 e. The number of rotatable bonds is 11. The van der Waals surface area contributed by atoms with Crippen LogP contribution in [0.1, 0.15) is 18.1 Å². The van der Waals surface area contributed by atoms with E-state index in [2.05, 4.69) is 26.3 Å². The van der Waals surface area contributed by atoms with E-state index in [-0.39, 0.29) is 11.8 Å². The highest BCUT2D eigenvalue weighted by Gasteiger charge is 2.12. The predicted octanol–water partition coefficient (Wildman–Crippen LogP) is 3.24. The number of carbonyl (C=O) groups is 2. The minimum Gasteiger partial charge on any atom is -0.368 e. The Hall–Kier alpha value is -4.20. The molecule has 3 rings (SSSR count). The molecule has 8 heteroatoms. The highest BCUT2D eigenvalue weighted by atomic mass is 16.2. The SMILES string of the molecule is CC(=O)NCCNc1nc(-c2ccccc2)nc(NCCNC(=O)/C=C/c2ccccc2)c1C. The third-order valence-electron chi connectivity index (χ3n) is 4.91. The van der Waals surface area contributed by atoms with E-state index in [0.29, 0.717) is 43.6 Å². The molecule has 0 fully saturated rings. The molecule has 0 unspecified atom stereocenters. The van der Waals surface area contributed by atoms with Gasteiger partial charge in [0.1, 0.15) is 11.6 Å². The first kappa shape index (κ1) is 24.4. The molecule has 8 nitrogen and oxygen atoms in total. The third-order valence-corrected chi connectivity index (χ3v) is 4.91. The number of hydrogen-bond donors (Lipinski definition) is 4. The van der Waals surface area contributed by atoms with Crippen LogP contribution in [0.25, 0.3) is 17.5 Å². The summed E-state index contributed by atoms with van der Waals surface area (Å²) in [4.78, 5) is 32.6. The summed E-state index contributed by atoms with van der Waals surface area (Å²) in [6.45, 7) is 5.39. The van der Waals surface area contributed by atoms with Crippen LogP contribution in [0.15, 0.2) is 66.7 Å². The number of nitrogens with one attached hydrogen (secondary N) is 4. The van der Waals surface area contributed by atoms with Crippen LogP contribution in [-0.4, -0.2) is 48.0 Å². The molecule has 0 aliphatic carbocycles. The van der Waals surface area contributed by atoms with Gasteiger partial charge in [-0.3, -0.25) is 9.59 Å². The average Bonchev–Trinajstić information content (AvgIpc) is 2.85. The van der Waals surface area contributed by atoms with Crippen molar-refractivity contribution in [1.82, 2.24) is 20.6 Å². The Balaban J connectivity index is 1.62. The largest absolute Gasteiger partial charge is 0.368 e. The standard InChI is InChI=1S/C26H30N6O2/c1-19-24(29-17-15-27-20(2)33)31-26(22-11-7-4-8-12-22)32-25(19)30-18-16-28-23(34)14-13-21-9-5-3-6-10-21/h3-14H,15-18H2,1-2H3,(H,27,33)(H,28,34)(H2,29,30,31,32)/b14-13+. The second-order valence-corrected chi connectivity index (χ2v) is 7.61. The van der Waals surface area contributed by atoms with Gasteiger partial charge in [-0.1, -0.05) is 60.7 Å². The fourth-order valence-electron chi connectivity index (χ4n) is 3.16. The maximum absolute atomic E-state index is 12.1. The lowest BCUT2D eigenvalue weighted by Crippen LogP contribution is -2.28. The zero-order valence-electron chi connectivity index (χ0n) is 19.5. The van der Waals surface area contributed by atoms with E-state index in [9.17, 15) is 9.59 Å². The van der Waals surface area contributed by atoms with E-state index in [1.807, 2.05) is 67.6 Å². The second-order valence-electron chi connectivity index (χ2n) is 7.61. The summed E-state index contributed by atoms with van der Waals surface area (Å²) in [5.74, 6) is 1.73. The summed E-state index contributed by atoms with van der Waals surface area (Å²) in [6.07, 6.45) is 3.30. The topological polar surface area (TPSA) is 108 Å². The van der Waals surface area contributed by atoms with Gasteiger partial charge in [0.2, 0.25) is 11.8 Å². The number of benzene rings is 2. The third kappa shape index (κ3) is 7.74. The summed E-state index contributed by atoms with van der Waals surface area (Å²) in [5, 5.41) is 12.2. The molecule has 0 radical (unpaired) electrons. The molecular weight excluding hydrogens is 428 g/mol. The molecule has 2 amide bonds. The van der Waals surface area contributed by atoms with E-state index in [0.717, 1.165) is 16.7 Å². The fraction of sp³-hybridized carbons (Fsp3) is 0.231. The predicted molar refractivity (Wildman–Crippen MR) is 136 cm³/mol. The first-order valence-corrected chi connectivity index (χ1v) is 11.2. The molecule has 2 aromatic carbocycles. The molecule has 0 saturated heterocycles. The van der Waals surface area contributed by atoms with Crippen molar-refractivity contribution in [2.75, 3.05) is 36.8 Å². The molecule has 0 spiro atoms. The van der Waals surface area contributed by atoms with Crippen molar-refractivity contribution in [2.24, 2.45) is 0 Å². The van der Waals surface area contributed by atoms with Gasteiger partial charge < -0.3 is 21.3 Å². The monoisotopic (exact) mass is 458 g/mol. The minimum atomic E-state index is -0.157. The van der Waals surface area contributed by atoms with Gasteiger partial charge in [0.15, 0.2) is 5.82 Å². The average molecular weight is 459 g/mol. The summed E-state index contributed by atoms with van der Waals surface area (Å²) in [5.41, 5.74) is 2.73. The van der Waals surface area contributed by atoms with Crippen LogP contribution in [0.4, 0.5) is 11.6 Å². The van der Waals surface area contributed by atoms with E-state index < -0.39 is 0 Å². The Kier molecular flexibility index (Phi) is 9.16. The van der Waals surface area contributed by atoms with E-state index >= 15 is 0 Å². The maximum atomic E-state index is 12.1. The first-order valence-electron chi connectivity index (χ1n) is 11.2. The number of aromatic nitrogens is 2. The lowest BCUT2D eigenvalue weighted by Gasteiger charge is -2.15. The molecule has 1 aromatic heterocycles. The van der Waals surface area contributed by atoms with Gasteiger partial charge in [-0.2, -0.15) is 0 Å². The summed E-state index contributed by atoms with van der Waals surface area (Å²) < 4.78 is 0. The summed E-state index contributed by atoms with van der Waals surface area (Å²) in [6, 6.07) is 19.4. The fourth-order valence-corrected chi connectivity index (χ4v) is 3.16. The molecule has 0 bridgehead atoms. The van der Waals surface area contributed by atoms with E-state index in [1.54, 1.807) is 6.08 Å². The van der Waals surface area contributed by atoms with Gasteiger partial charge in [-0.05, 0) is 18.6 Å². The van der Waals surface area contributed by atoms with Gasteiger partial charge in [-0.25, -0.2) is 9.97 Å². The normalized spacial score (nSPS) is 10.6. The highest BCUT2D eigenvalue weighted by molar-refractivity contribution is 5.91. The number of anilines is 2. The van der Waals surface area contributed by atoms with Crippen LogP contribution in [0, 0.1) is 6.92 Å². The van der Waals surface area contributed by atoms with Crippen LogP contribution in [0.3, 0.4) is 0 Å². The Morgan fingerprint density at radius 2 is 1.35 bits per heavy atom. The Labute approximate surface area is 199 Å². The van der Waals surface area contributed by atoms with Crippen molar-refractivity contribution in [3.8, 4) is 11.4 Å². The smallest absolute Gasteiger partial charge is 0.244 e. The van der Waals surface area contributed by atoms with Crippen molar-refractivity contribution >= 4 is 29.5 Å². The molecular formula is C26H30N6O2. The number of hydrogen-bond acceptors (Lipinski definition) is 6. The van der Waals surface area contributed by atoms with Crippen molar-refractivity contribution in [1.29, 1.82) is 0 Å². The molecule has 0 aliphatic heterocycles. The molecule has 4 N–H and O–H groups in total. The van der Waals surface area contributed by atoms with Crippen molar-refractivity contribution < 1.29 is 9.59 Å². The molecule has 176 valence electrons. The molecule has 0 atom stereocenters. The lowest BCUT2D eigenvalue weighted by atomic mass is 10.2. The molecule has 0 saturated carbocycles. The van der Waals surface area contributed by atoms with Crippen LogP contribution >= 0.6 is 0 Å². The van der Waals surface area contributed by atoms with Crippen molar-refractivity contribution in [3.63, 3.8) is 0 Å². The zero-order valence-corrected chi connectivity index (χ0v) is 19.5. The van der Waals surface area contributed by atoms with E-state index in [4.69, 9.17) is 4.98 Å². The van der Waals surface area contributed by atoms with Gasteiger partial charge in [-0.15, -0.1) is 0 Å². The minimum absolute atomic E-state index is 0.0748. The van der Waals surface area contributed by atoms with Crippen LogP contribution in [0.5, 0.6) is 0 Å². The summed E-state index contributed by atoms with van der Waals surface area (Å²) >= 11 is 0. The number of nitrogens with zero attached hydrogens (tertiary/aromatic N) is 2. The van der Waals surface area contributed by atoms with Gasteiger partial charge >= 0.3 is 0 Å². The quantitative estimate of drug-likeness (QED) is 0.260. The van der Waals surface area contributed by atoms with Crippen LogP contribution in [0.2, 0.25) is 0 Å². The number of carbonyl (C=O) groups excluding carboxylic acids is 2. The number of amides is 2. The zero-order chi connectivity index (χ0) is 24.2. The molecule has 0 aliphatic rings. The molecule has 3 aromatic rings. The van der Waals surface area contributed by atoms with Crippen molar-refractivity contribution in [2.45, 2.75) is 13.8 Å². The Bertz CT molecular complexity index is 1120. The molecule has 1 heterocycles. The lowest BCUT2D eigenvalue weighted by molar-refractivity contribution is -0.119. The van der Waals surface area contributed by atoms with E-state index in [1.165, 1.54) is 13.0 Å². The Morgan fingerprint density at radius 3 is 1.94 bits per heavy atom. The summed E-state index contributed by atoms with van der Waals surface area (Å²) in [7, 11) is 0. The molecule has 34 heavy (non-hydrogen) atoms. The Morgan fingerprint density at radius 1 is 0.794 bits per heavy atom.